The molecule has 0 saturated carbocycles. The van der Waals surface area contributed by atoms with Crippen LogP contribution in [0, 0.1) is 10.1 Å². The molecule has 0 radical (unpaired) electrons. The van der Waals surface area contributed by atoms with E-state index in [2.05, 4.69) is 15.3 Å². The van der Waals surface area contributed by atoms with Gasteiger partial charge in [0.25, 0.3) is 0 Å². The van der Waals surface area contributed by atoms with Gasteiger partial charge in [0, 0.05) is 6.54 Å². The van der Waals surface area contributed by atoms with Crippen LogP contribution < -0.4 is 5.32 Å². The van der Waals surface area contributed by atoms with Crippen LogP contribution in [-0.2, 0) is 6.42 Å². The van der Waals surface area contributed by atoms with E-state index < -0.39 is 4.92 Å². The molecule has 0 saturated heterocycles. The van der Waals surface area contributed by atoms with Crippen LogP contribution in [0.5, 0.6) is 0 Å². The SMILES string of the molecule is CCCCc1ncnc(NCCC)c1[N+](=O)[O-]. The third kappa shape index (κ3) is 3.65. The first kappa shape index (κ1) is 13.3. The molecule has 0 bridgehead atoms. The molecule has 17 heavy (non-hydrogen) atoms. The molecule has 1 N–H and O–H groups in total. The van der Waals surface area contributed by atoms with Gasteiger partial charge in [0.1, 0.15) is 12.0 Å². The van der Waals surface area contributed by atoms with E-state index in [1.165, 1.54) is 6.33 Å². The fourth-order valence-corrected chi connectivity index (χ4v) is 1.51. The van der Waals surface area contributed by atoms with Crippen LogP contribution in [0.2, 0.25) is 0 Å². The van der Waals surface area contributed by atoms with Gasteiger partial charge in [0.05, 0.1) is 4.92 Å². The fraction of sp³-hybridized carbons (Fsp3) is 0.636. The minimum atomic E-state index is -0.400. The minimum absolute atomic E-state index is 0.0226. The summed E-state index contributed by atoms with van der Waals surface area (Å²) in [4.78, 5) is 18.6. The lowest BCUT2D eigenvalue weighted by Gasteiger charge is -2.07. The van der Waals surface area contributed by atoms with E-state index in [1.807, 2.05) is 13.8 Å². The van der Waals surface area contributed by atoms with Gasteiger partial charge in [-0.25, -0.2) is 9.97 Å². The van der Waals surface area contributed by atoms with Crippen molar-refractivity contribution in [1.29, 1.82) is 0 Å². The second-order valence-electron chi connectivity index (χ2n) is 3.81. The summed E-state index contributed by atoms with van der Waals surface area (Å²) in [5, 5.41) is 14.0. The average molecular weight is 238 g/mol. The van der Waals surface area contributed by atoms with Crippen LogP contribution in [0.3, 0.4) is 0 Å². The zero-order valence-corrected chi connectivity index (χ0v) is 10.3. The molecule has 6 nitrogen and oxygen atoms in total. The summed E-state index contributed by atoms with van der Waals surface area (Å²) in [6.45, 7) is 4.71. The number of hydrogen-bond donors (Lipinski definition) is 1. The molecule has 1 rings (SSSR count). The molecule has 0 fully saturated rings. The van der Waals surface area contributed by atoms with Crippen molar-refractivity contribution in [1.82, 2.24) is 9.97 Å². The third-order valence-electron chi connectivity index (χ3n) is 2.39. The highest BCUT2D eigenvalue weighted by atomic mass is 16.6. The van der Waals surface area contributed by atoms with Gasteiger partial charge in [0.15, 0.2) is 0 Å². The molecule has 0 spiro atoms. The molecular formula is C11H18N4O2. The first-order valence-corrected chi connectivity index (χ1v) is 5.92. The van der Waals surface area contributed by atoms with E-state index in [-0.39, 0.29) is 5.69 Å². The lowest BCUT2D eigenvalue weighted by atomic mass is 10.1. The molecule has 0 aliphatic carbocycles. The molecule has 0 aromatic carbocycles. The number of nitro groups is 1. The van der Waals surface area contributed by atoms with Crippen molar-refractivity contribution in [2.45, 2.75) is 39.5 Å². The Balaban J connectivity index is 2.99. The highest BCUT2D eigenvalue weighted by molar-refractivity contribution is 5.58. The van der Waals surface area contributed by atoms with E-state index in [9.17, 15) is 10.1 Å². The van der Waals surface area contributed by atoms with Crippen molar-refractivity contribution >= 4 is 11.5 Å². The van der Waals surface area contributed by atoms with Crippen molar-refractivity contribution in [2.24, 2.45) is 0 Å². The van der Waals surface area contributed by atoms with Crippen LogP contribution >= 0.6 is 0 Å². The van der Waals surface area contributed by atoms with E-state index in [0.717, 1.165) is 19.3 Å². The molecular weight excluding hydrogens is 220 g/mol. The lowest BCUT2D eigenvalue weighted by molar-refractivity contribution is -0.385. The smallest absolute Gasteiger partial charge is 0.332 e. The van der Waals surface area contributed by atoms with Crippen LogP contribution in [0.1, 0.15) is 38.8 Å². The molecule has 0 aliphatic rings. The quantitative estimate of drug-likeness (QED) is 0.583. The molecule has 1 heterocycles. The number of unbranched alkanes of at least 4 members (excludes halogenated alkanes) is 1. The van der Waals surface area contributed by atoms with Crippen LogP contribution in [0.15, 0.2) is 6.33 Å². The van der Waals surface area contributed by atoms with Gasteiger partial charge in [-0.15, -0.1) is 0 Å². The summed E-state index contributed by atoms with van der Waals surface area (Å²) in [6, 6.07) is 0. The summed E-state index contributed by atoms with van der Waals surface area (Å²) < 4.78 is 0. The standard InChI is InChI=1S/C11H18N4O2/c1-3-5-6-9-10(15(16)17)11(12-7-4-2)14-8-13-9/h8H,3-7H2,1-2H3,(H,12,13,14). The van der Waals surface area contributed by atoms with Crippen molar-refractivity contribution in [3.63, 3.8) is 0 Å². The minimum Gasteiger partial charge on any atom is -0.364 e. The average Bonchev–Trinajstić information content (AvgIpc) is 2.33. The maximum absolute atomic E-state index is 11.1. The largest absolute Gasteiger partial charge is 0.364 e. The Morgan fingerprint density at radius 3 is 2.71 bits per heavy atom. The summed E-state index contributed by atoms with van der Waals surface area (Å²) in [5.41, 5.74) is 0.542. The van der Waals surface area contributed by atoms with Gasteiger partial charge in [-0.3, -0.25) is 10.1 Å². The van der Waals surface area contributed by atoms with Crippen molar-refractivity contribution in [3.8, 4) is 0 Å². The van der Waals surface area contributed by atoms with Gasteiger partial charge < -0.3 is 5.32 Å². The van der Waals surface area contributed by atoms with E-state index in [0.29, 0.717) is 24.5 Å². The Labute approximate surface area is 101 Å². The van der Waals surface area contributed by atoms with Crippen molar-refractivity contribution < 1.29 is 4.92 Å². The van der Waals surface area contributed by atoms with Crippen LogP contribution in [0.25, 0.3) is 0 Å². The van der Waals surface area contributed by atoms with Crippen molar-refractivity contribution in [2.75, 3.05) is 11.9 Å². The zero-order valence-electron chi connectivity index (χ0n) is 10.3. The third-order valence-corrected chi connectivity index (χ3v) is 2.39. The molecule has 0 unspecified atom stereocenters. The topological polar surface area (TPSA) is 81.0 Å². The maximum atomic E-state index is 11.1. The second kappa shape index (κ2) is 6.78. The second-order valence-corrected chi connectivity index (χ2v) is 3.81. The fourth-order valence-electron chi connectivity index (χ4n) is 1.51. The first-order valence-electron chi connectivity index (χ1n) is 5.92. The Hall–Kier alpha value is -1.72. The van der Waals surface area contributed by atoms with E-state index in [4.69, 9.17) is 0 Å². The highest BCUT2D eigenvalue weighted by Crippen LogP contribution is 2.25. The Bertz CT molecular complexity index is 355. The predicted octanol–water partition coefficient (Wildman–Crippen LogP) is 2.55. The normalized spacial score (nSPS) is 10.2. The van der Waals surface area contributed by atoms with Crippen molar-refractivity contribution in [3.05, 3.63) is 22.1 Å². The van der Waals surface area contributed by atoms with Gasteiger partial charge in [-0.2, -0.15) is 0 Å². The van der Waals surface area contributed by atoms with Crippen LogP contribution in [-0.4, -0.2) is 21.4 Å². The van der Waals surface area contributed by atoms with Gasteiger partial charge in [-0.05, 0) is 19.3 Å². The first-order chi connectivity index (χ1) is 8.20. The molecule has 0 atom stereocenters. The van der Waals surface area contributed by atoms with Crippen LogP contribution in [0.4, 0.5) is 11.5 Å². The van der Waals surface area contributed by atoms with Gasteiger partial charge in [0.2, 0.25) is 5.82 Å². The molecule has 94 valence electrons. The monoisotopic (exact) mass is 238 g/mol. The van der Waals surface area contributed by atoms with Gasteiger partial charge >= 0.3 is 5.69 Å². The molecule has 1 aromatic heterocycles. The summed E-state index contributed by atoms with van der Waals surface area (Å²) >= 11 is 0. The summed E-state index contributed by atoms with van der Waals surface area (Å²) in [6.07, 6.45) is 4.78. The molecule has 0 amide bonds. The van der Waals surface area contributed by atoms with E-state index in [1.54, 1.807) is 0 Å². The summed E-state index contributed by atoms with van der Waals surface area (Å²) in [7, 11) is 0. The predicted molar refractivity (Wildman–Crippen MR) is 66.1 cm³/mol. The number of aromatic nitrogens is 2. The maximum Gasteiger partial charge on any atom is 0.332 e. The number of hydrogen-bond acceptors (Lipinski definition) is 5. The zero-order chi connectivity index (χ0) is 12.7. The molecule has 6 heteroatoms. The number of anilines is 1. The number of nitrogens with one attached hydrogen (secondary N) is 1. The number of aryl methyl sites for hydroxylation is 1. The number of rotatable bonds is 7. The Morgan fingerprint density at radius 2 is 2.12 bits per heavy atom. The van der Waals surface area contributed by atoms with Gasteiger partial charge in [-0.1, -0.05) is 20.3 Å². The molecule has 1 aromatic rings. The Morgan fingerprint density at radius 1 is 1.35 bits per heavy atom. The lowest BCUT2D eigenvalue weighted by Crippen LogP contribution is -2.09. The highest BCUT2D eigenvalue weighted by Gasteiger charge is 2.21. The summed E-state index contributed by atoms with van der Waals surface area (Å²) in [5.74, 6) is 0.331. The molecule has 0 aliphatic heterocycles. The number of nitrogens with zero attached hydrogens (tertiary/aromatic N) is 3. The van der Waals surface area contributed by atoms with E-state index >= 15 is 0 Å². The Kier molecular flexibility index (Phi) is 5.32.